The highest BCUT2D eigenvalue weighted by Crippen LogP contribution is 2.29. The maximum Gasteiger partial charge on any atom is 0.322 e. The molecule has 0 aliphatic carbocycles. The van der Waals surface area contributed by atoms with E-state index in [1.165, 1.54) is 148 Å². The molecule has 1 aliphatic rings. The summed E-state index contributed by atoms with van der Waals surface area (Å²) in [6.07, 6.45) is 35.9. The van der Waals surface area contributed by atoms with Crippen LogP contribution in [0.4, 0.5) is 0 Å². The second kappa shape index (κ2) is 33.9. The molecule has 306 valence electrons. The van der Waals surface area contributed by atoms with E-state index in [1.54, 1.807) is 0 Å². The monoisotopic (exact) mass is 734 g/mol. The normalized spacial score (nSPS) is 15.1. The van der Waals surface area contributed by atoms with E-state index in [1.807, 2.05) is 4.90 Å². The molecule has 0 aromatic carbocycles. The number of aliphatic carboxylic acids is 1. The fraction of sp³-hybridized carbons (Fsp3) is 0.933. The summed E-state index contributed by atoms with van der Waals surface area (Å²) >= 11 is 0. The standard InChI is InChI=1S/C45H87N3O4/c1-5-9-12-15-18-20-21-22-24-27-30-33-42(49)48(44(45(52)46-38-43(50)51)41-34-36-47(8-4)37-35-41)39-40(31-28-25-17-14-11-7-3)32-29-26-23-19-16-13-10-6-2/h40-41,44H,5-39H2,1-4H3,(H,46,52)(H,50,51). The van der Waals surface area contributed by atoms with Gasteiger partial charge in [0, 0.05) is 13.0 Å². The Hall–Kier alpha value is -1.63. The summed E-state index contributed by atoms with van der Waals surface area (Å²) < 4.78 is 0. The van der Waals surface area contributed by atoms with Gasteiger partial charge < -0.3 is 20.2 Å². The van der Waals surface area contributed by atoms with E-state index < -0.39 is 18.6 Å². The molecule has 1 rings (SSSR count). The Balaban J connectivity index is 3.05. The van der Waals surface area contributed by atoms with Gasteiger partial charge in [0.15, 0.2) is 0 Å². The summed E-state index contributed by atoms with van der Waals surface area (Å²) in [7, 11) is 0. The molecule has 2 N–H and O–H groups in total. The molecule has 2 amide bonds. The Bertz CT molecular complexity index is 860. The Morgan fingerprint density at radius 2 is 1.02 bits per heavy atom. The molecule has 0 aromatic rings. The Kier molecular flexibility index (Phi) is 31.5. The number of carbonyl (C=O) groups excluding carboxylic acids is 2. The second-order valence-corrected chi connectivity index (χ2v) is 16.3. The number of unbranched alkanes of at least 4 members (excludes halogenated alkanes) is 22. The van der Waals surface area contributed by atoms with Gasteiger partial charge in [-0.3, -0.25) is 14.4 Å². The number of carboxylic acid groups (broad SMARTS) is 1. The van der Waals surface area contributed by atoms with Gasteiger partial charge in [-0.1, -0.05) is 182 Å². The van der Waals surface area contributed by atoms with Crippen LogP contribution >= 0.6 is 0 Å². The highest BCUT2D eigenvalue weighted by atomic mass is 16.4. The third-order valence-electron chi connectivity index (χ3n) is 11.7. The average molecular weight is 734 g/mol. The van der Waals surface area contributed by atoms with Crippen molar-refractivity contribution in [3.8, 4) is 0 Å². The fourth-order valence-electron chi connectivity index (χ4n) is 8.30. The van der Waals surface area contributed by atoms with Crippen molar-refractivity contribution in [2.24, 2.45) is 11.8 Å². The zero-order valence-electron chi connectivity index (χ0n) is 35.0. The lowest BCUT2D eigenvalue weighted by Crippen LogP contribution is -2.57. The number of rotatable bonds is 36. The fourth-order valence-corrected chi connectivity index (χ4v) is 8.30. The van der Waals surface area contributed by atoms with Crippen LogP contribution in [-0.2, 0) is 14.4 Å². The van der Waals surface area contributed by atoms with E-state index in [0.29, 0.717) is 18.9 Å². The summed E-state index contributed by atoms with van der Waals surface area (Å²) in [6, 6.07) is -0.593. The smallest absolute Gasteiger partial charge is 0.322 e. The number of likely N-dealkylation sites (tertiary alicyclic amines) is 1. The van der Waals surface area contributed by atoms with Crippen LogP contribution in [0.2, 0.25) is 0 Å². The number of amides is 2. The van der Waals surface area contributed by atoms with Gasteiger partial charge in [0.25, 0.3) is 0 Å². The zero-order chi connectivity index (χ0) is 38.1. The molecule has 0 radical (unpaired) electrons. The number of nitrogens with one attached hydrogen (secondary N) is 1. The summed E-state index contributed by atoms with van der Waals surface area (Å²) in [4.78, 5) is 44.3. The number of piperidine rings is 1. The minimum atomic E-state index is -1.04. The van der Waals surface area contributed by atoms with Gasteiger partial charge in [0.1, 0.15) is 12.6 Å². The number of nitrogens with zero attached hydrogens (tertiary/aromatic N) is 2. The highest BCUT2D eigenvalue weighted by Gasteiger charge is 2.38. The number of carbonyl (C=O) groups is 3. The SMILES string of the molecule is CCCCCCCCCCCCCC(=O)N(CC(CCCCCCCC)CCCCCCCCCC)C(C(=O)NCC(=O)O)C1CCN(CC)CC1. The average Bonchev–Trinajstić information content (AvgIpc) is 3.14. The van der Waals surface area contributed by atoms with Crippen molar-refractivity contribution < 1.29 is 19.5 Å². The van der Waals surface area contributed by atoms with Gasteiger partial charge in [-0.05, 0) is 63.6 Å². The minimum Gasteiger partial charge on any atom is -0.480 e. The van der Waals surface area contributed by atoms with E-state index in [2.05, 4.69) is 37.9 Å². The first-order valence-electron chi connectivity index (χ1n) is 22.9. The highest BCUT2D eigenvalue weighted by molar-refractivity contribution is 5.89. The molecule has 2 atom stereocenters. The van der Waals surface area contributed by atoms with Crippen LogP contribution in [0, 0.1) is 11.8 Å². The minimum absolute atomic E-state index is 0.0516. The molecule has 7 nitrogen and oxygen atoms in total. The second-order valence-electron chi connectivity index (χ2n) is 16.3. The Labute approximate surface area is 322 Å². The Morgan fingerprint density at radius 3 is 1.42 bits per heavy atom. The van der Waals surface area contributed by atoms with Crippen molar-refractivity contribution >= 4 is 17.8 Å². The largest absolute Gasteiger partial charge is 0.480 e. The molecule has 0 spiro atoms. The van der Waals surface area contributed by atoms with Gasteiger partial charge in [0.2, 0.25) is 11.8 Å². The summed E-state index contributed by atoms with van der Waals surface area (Å²) in [6.45, 7) is 12.0. The molecule has 7 heteroatoms. The number of carboxylic acids is 1. The van der Waals surface area contributed by atoms with Gasteiger partial charge in [-0.15, -0.1) is 0 Å². The lowest BCUT2D eigenvalue weighted by atomic mass is 9.85. The van der Waals surface area contributed by atoms with Crippen LogP contribution in [0.5, 0.6) is 0 Å². The molecule has 1 heterocycles. The summed E-state index contributed by atoms with van der Waals surface area (Å²) in [5.41, 5.74) is 0. The molecule has 1 aliphatic heterocycles. The Morgan fingerprint density at radius 1 is 0.615 bits per heavy atom. The van der Waals surface area contributed by atoms with Crippen molar-refractivity contribution in [3.05, 3.63) is 0 Å². The van der Waals surface area contributed by atoms with Gasteiger partial charge in [0.05, 0.1) is 0 Å². The molecule has 52 heavy (non-hydrogen) atoms. The van der Waals surface area contributed by atoms with Crippen molar-refractivity contribution in [1.82, 2.24) is 15.1 Å². The van der Waals surface area contributed by atoms with Crippen molar-refractivity contribution in [2.45, 2.75) is 226 Å². The van der Waals surface area contributed by atoms with E-state index in [4.69, 9.17) is 0 Å². The van der Waals surface area contributed by atoms with Crippen molar-refractivity contribution in [2.75, 3.05) is 32.7 Å². The maximum atomic E-state index is 14.4. The van der Waals surface area contributed by atoms with Crippen LogP contribution in [-0.4, -0.2) is 71.5 Å². The topological polar surface area (TPSA) is 90.0 Å². The van der Waals surface area contributed by atoms with Crippen LogP contribution in [0.25, 0.3) is 0 Å². The molecular formula is C45H87N3O4. The summed E-state index contributed by atoms with van der Waals surface area (Å²) in [5, 5.41) is 12.2. The zero-order valence-corrected chi connectivity index (χ0v) is 35.0. The van der Waals surface area contributed by atoms with E-state index in [9.17, 15) is 19.5 Å². The van der Waals surface area contributed by atoms with Crippen LogP contribution in [0.1, 0.15) is 220 Å². The molecule has 0 bridgehead atoms. The van der Waals surface area contributed by atoms with Crippen molar-refractivity contribution in [1.29, 1.82) is 0 Å². The van der Waals surface area contributed by atoms with Gasteiger partial charge in [-0.2, -0.15) is 0 Å². The lowest BCUT2D eigenvalue weighted by Gasteiger charge is -2.41. The maximum absolute atomic E-state index is 14.4. The first kappa shape index (κ1) is 48.4. The van der Waals surface area contributed by atoms with Crippen LogP contribution in [0.15, 0.2) is 0 Å². The summed E-state index contributed by atoms with van der Waals surface area (Å²) in [5.74, 6) is -0.778. The number of hydrogen-bond donors (Lipinski definition) is 2. The van der Waals surface area contributed by atoms with E-state index >= 15 is 0 Å². The van der Waals surface area contributed by atoms with Crippen LogP contribution < -0.4 is 5.32 Å². The van der Waals surface area contributed by atoms with Gasteiger partial charge in [-0.25, -0.2) is 0 Å². The van der Waals surface area contributed by atoms with E-state index in [-0.39, 0.29) is 17.7 Å². The quantitative estimate of drug-likeness (QED) is 0.0626. The van der Waals surface area contributed by atoms with Crippen LogP contribution in [0.3, 0.4) is 0 Å². The first-order valence-corrected chi connectivity index (χ1v) is 22.9. The van der Waals surface area contributed by atoms with Crippen molar-refractivity contribution in [3.63, 3.8) is 0 Å². The van der Waals surface area contributed by atoms with Gasteiger partial charge >= 0.3 is 5.97 Å². The molecule has 1 fully saturated rings. The third-order valence-corrected chi connectivity index (χ3v) is 11.7. The molecule has 2 unspecified atom stereocenters. The predicted molar refractivity (Wildman–Crippen MR) is 221 cm³/mol. The molecule has 1 saturated heterocycles. The predicted octanol–water partition coefficient (Wildman–Crippen LogP) is 11.7. The first-order chi connectivity index (χ1) is 25.4. The van der Waals surface area contributed by atoms with E-state index in [0.717, 1.165) is 58.2 Å². The third kappa shape index (κ3) is 24.6. The molecular weight excluding hydrogens is 647 g/mol. The molecule has 0 saturated carbocycles. The molecule has 0 aromatic heterocycles. The number of hydrogen-bond acceptors (Lipinski definition) is 4. The lowest BCUT2D eigenvalue weighted by molar-refractivity contribution is -0.145.